The molecule has 0 aromatic heterocycles. The summed E-state index contributed by atoms with van der Waals surface area (Å²) in [7, 11) is 0. The van der Waals surface area contributed by atoms with Crippen LogP contribution in [0.25, 0.3) is 0 Å². The van der Waals surface area contributed by atoms with E-state index in [1.54, 1.807) is 0 Å². The van der Waals surface area contributed by atoms with Crippen molar-refractivity contribution >= 4 is 29.2 Å². The molecule has 8 heteroatoms. The van der Waals surface area contributed by atoms with Gasteiger partial charge in [-0.15, -0.1) is 0 Å². The van der Waals surface area contributed by atoms with Gasteiger partial charge in [0, 0.05) is 36.7 Å². The molecule has 170 valence electrons. The summed E-state index contributed by atoms with van der Waals surface area (Å²) >= 11 is 0. The summed E-state index contributed by atoms with van der Waals surface area (Å²) in [4.78, 5) is 25.2. The highest BCUT2D eigenvalue weighted by Gasteiger charge is 2.23. The largest absolute Gasteiger partial charge is 0.490 e. The topological polar surface area (TPSA) is 103 Å². The summed E-state index contributed by atoms with van der Waals surface area (Å²) in [5, 5.41) is 16.9. The number of carbonyl (C=O) groups excluding carboxylic acids is 1. The summed E-state index contributed by atoms with van der Waals surface area (Å²) in [5.41, 5.74) is 2.47. The van der Waals surface area contributed by atoms with Gasteiger partial charge in [-0.1, -0.05) is 0 Å². The zero-order chi connectivity index (χ0) is 22.3. The quantitative estimate of drug-likeness (QED) is 0.500. The maximum absolute atomic E-state index is 12.3. The molecular formula is C24H30N4O4. The number of rotatable bonds is 7. The molecule has 1 saturated carbocycles. The molecule has 0 bridgehead atoms. The maximum Gasteiger partial charge on any atom is 0.404 e. The molecule has 4 rings (SSSR count). The van der Waals surface area contributed by atoms with Gasteiger partial charge >= 0.3 is 12.1 Å². The van der Waals surface area contributed by atoms with Crippen LogP contribution < -0.4 is 25.6 Å². The Morgan fingerprint density at radius 3 is 2.19 bits per heavy atom. The highest BCUT2D eigenvalue weighted by Crippen LogP contribution is 2.26. The van der Waals surface area contributed by atoms with E-state index in [4.69, 9.17) is 9.84 Å². The molecule has 0 spiro atoms. The van der Waals surface area contributed by atoms with Gasteiger partial charge in [-0.2, -0.15) is 0 Å². The van der Waals surface area contributed by atoms with Crippen molar-refractivity contribution in [1.29, 1.82) is 0 Å². The molecule has 2 aromatic carbocycles. The Balaban J connectivity index is 1.23. The number of urea groups is 1. The van der Waals surface area contributed by atoms with Gasteiger partial charge in [0.1, 0.15) is 5.75 Å². The Labute approximate surface area is 187 Å². The van der Waals surface area contributed by atoms with Gasteiger partial charge in [0.2, 0.25) is 0 Å². The third-order valence-corrected chi connectivity index (χ3v) is 6.04. The smallest absolute Gasteiger partial charge is 0.404 e. The monoisotopic (exact) mass is 438 g/mol. The number of amides is 3. The fraction of sp³-hybridized carbons (Fsp3) is 0.417. The fourth-order valence-electron chi connectivity index (χ4n) is 4.33. The van der Waals surface area contributed by atoms with Crippen LogP contribution in [0.1, 0.15) is 32.1 Å². The van der Waals surface area contributed by atoms with E-state index in [0.717, 1.165) is 43.8 Å². The molecule has 1 heterocycles. The predicted molar refractivity (Wildman–Crippen MR) is 125 cm³/mol. The predicted octanol–water partition coefficient (Wildman–Crippen LogP) is 4.75. The second-order valence-electron chi connectivity index (χ2n) is 8.46. The van der Waals surface area contributed by atoms with E-state index in [2.05, 4.69) is 20.9 Å². The molecule has 32 heavy (non-hydrogen) atoms. The molecule has 1 saturated heterocycles. The molecule has 3 amide bonds. The zero-order valence-electron chi connectivity index (χ0n) is 18.0. The van der Waals surface area contributed by atoms with Crippen molar-refractivity contribution in [2.75, 3.05) is 35.2 Å². The van der Waals surface area contributed by atoms with Gasteiger partial charge in [0.25, 0.3) is 0 Å². The molecule has 1 aliphatic carbocycles. The first-order valence-corrected chi connectivity index (χ1v) is 11.2. The van der Waals surface area contributed by atoms with E-state index in [-0.39, 0.29) is 6.03 Å². The third kappa shape index (κ3) is 6.06. The van der Waals surface area contributed by atoms with Crippen molar-refractivity contribution in [3.63, 3.8) is 0 Å². The van der Waals surface area contributed by atoms with E-state index in [1.165, 1.54) is 12.8 Å². The van der Waals surface area contributed by atoms with Crippen LogP contribution >= 0.6 is 0 Å². The average Bonchev–Trinajstić information content (AvgIpc) is 3.46. The molecule has 2 fully saturated rings. The van der Waals surface area contributed by atoms with Crippen LogP contribution in [0.2, 0.25) is 0 Å². The van der Waals surface area contributed by atoms with E-state index < -0.39 is 6.09 Å². The Morgan fingerprint density at radius 2 is 1.56 bits per heavy atom. The number of hydrogen-bond acceptors (Lipinski definition) is 4. The molecule has 8 nitrogen and oxygen atoms in total. The number of hydrogen-bond donors (Lipinski definition) is 4. The number of carbonyl (C=O) groups is 2. The molecule has 1 aliphatic heterocycles. The highest BCUT2D eigenvalue weighted by molar-refractivity contribution is 5.99. The minimum absolute atomic E-state index is 0.303. The second kappa shape index (κ2) is 10.3. The molecule has 2 aliphatic rings. The van der Waals surface area contributed by atoms with Crippen molar-refractivity contribution < 1.29 is 19.4 Å². The van der Waals surface area contributed by atoms with Gasteiger partial charge in [0.15, 0.2) is 0 Å². The van der Waals surface area contributed by atoms with Crippen LogP contribution in [0.5, 0.6) is 5.75 Å². The third-order valence-electron chi connectivity index (χ3n) is 6.04. The molecule has 4 N–H and O–H groups in total. The first-order valence-electron chi connectivity index (χ1n) is 11.2. The van der Waals surface area contributed by atoms with Crippen LogP contribution in [-0.2, 0) is 0 Å². The first-order chi connectivity index (χ1) is 15.5. The second-order valence-corrected chi connectivity index (χ2v) is 8.46. The number of anilines is 3. The van der Waals surface area contributed by atoms with Crippen LogP contribution in [-0.4, -0.2) is 43.0 Å². The van der Waals surface area contributed by atoms with Gasteiger partial charge in [-0.25, -0.2) is 9.59 Å². The van der Waals surface area contributed by atoms with Crippen molar-refractivity contribution in [2.45, 2.75) is 38.2 Å². The van der Waals surface area contributed by atoms with Crippen LogP contribution in [0.4, 0.5) is 26.7 Å². The van der Waals surface area contributed by atoms with Crippen LogP contribution in [0.15, 0.2) is 48.5 Å². The van der Waals surface area contributed by atoms with Gasteiger partial charge in [-0.05, 0) is 86.6 Å². The first kappa shape index (κ1) is 21.8. The summed E-state index contributed by atoms with van der Waals surface area (Å²) in [6.07, 6.45) is 4.97. The van der Waals surface area contributed by atoms with E-state index in [9.17, 15) is 9.59 Å². The van der Waals surface area contributed by atoms with E-state index in [1.807, 2.05) is 48.5 Å². The SMILES string of the molecule is O=C(O)NCC1CCN(c2ccc(NC(=O)Nc3ccc(OC4CCCC4)cc3)cc2)C1. The Morgan fingerprint density at radius 1 is 0.938 bits per heavy atom. The Kier molecular flexibility index (Phi) is 6.99. The van der Waals surface area contributed by atoms with Crippen LogP contribution in [0, 0.1) is 5.92 Å². The number of nitrogens with one attached hydrogen (secondary N) is 3. The number of ether oxygens (including phenoxy) is 1. The lowest BCUT2D eigenvalue weighted by atomic mass is 10.1. The lowest BCUT2D eigenvalue weighted by Crippen LogP contribution is -2.29. The van der Waals surface area contributed by atoms with E-state index in [0.29, 0.717) is 29.9 Å². The summed E-state index contributed by atoms with van der Waals surface area (Å²) in [6, 6.07) is 14.8. The number of carboxylic acid groups (broad SMARTS) is 1. The highest BCUT2D eigenvalue weighted by atomic mass is 16.5. The van der Waals surface area contributed by atoms with Crippen molar-refractivity contribution in [1.82, 2.24) is 5.32 Å². The van der Waals surface area contributed by atoms with E-state index >= 15 is 0 Å². The average molecular weight is 439 g/mol. The Bertz CT molecular complexity index is 911. The number of nitrogens with zero attached hydrogens (tertiary/aromatic N) is 1. The number of benzene rings is 2. The fourth-order valence-corrected chi connectivity index (χ4v) is 4.33. The molecule has 0 radical (unpaired) electrons. The van der Waals surface area contributed by atoms with Gasteiger partial charge < -0.3 is 30.7 Å². The maximum atomic E-state index is 12.3. The summed E-state index contributed by atoms with van der Waals surface area (Å²) < 4.78 is 5.95. The Hall–Kier alpha value is -3.42. The normalized spacial score (nSPS) is 18.4. The molecule has 1 atom stereocenters. The molecular weight excluding hydrogens is 408 g/mol. The summed E-state index contributed by atoms with van der Waals surface area (Å²) in [5.74, 6) is 1.14. The van der Waals surface area contributed by atoms with Crippen molar-refractivity contribution in [3.05, 3.63) is 48.5 Å². The summed E-state index contributed by atoms with van der Waals surface area (Å²) in [6.45, 7) is 2.17. The lowest BCUT2D eigenvalue weighted by Gasteiger charge is -2.19. The van der Waals surface area contributed by atoms with Gasteiger partial charge in [0.05, 0.1) is 6.10 Å². The lowest BCUT2D eigenvalue weighted by molar-refractivity contribution is 0.192. The minimum atomic E-state index is -0.981. The van der Waals surface area contributed by atoms with Crippen molar-refractivity contribution in [3.8, 4) is 5.75 Å². The van der Waals surface area contributed by atoms with Crippen molar-refractivity contribution in [2.24, 2.45) is 5.92 Å². The molecule has 2 aromatic rings. The van der Waals surface area contributed by atoms with Gasteiger partial charge in [-0.3, -0.25) is 0 Å². The minimum Gasteiger partial charge on any atom is -0.490 e. The molecule has 1 unspecified atom stereocenters. The standard InChI is InChI=1S/C24H30N4O4/c29-23(27-19-7-11-22(12-8-19)32-21-3-1-2-4-21)26-18-5-9-20(10-6-18)28-14-13-17(16-28)15-25-24(30)31/h5-12,17,21,25H,1-4,13-16H2,(H,30,31)(H2,26,27,29). The van der Waals surface area contributed by atoms with Crippen LogP contribution in [0.3, 0.4) is 0 Å². The zero-order valence-corrected chi connectivity index (χ0v) is 18.0.